The summed E-state index contributed by atoms with van der Waals surface area (Å²) in [4.78, 5) is 28.6. The van der Waals surface area contributed by atoms with Crippen molar-refractivity contribution in [2.45, 2.75) is 19.4 Å². The number of ether oxygens (including phenoxy) is 1. The van der Waals surface area contributed by atoms with Crippen molar-refractivity contribution < 1.29 is 14.3 Å². The van der Waals surface area contributed by atoms with Gasteiger partial charge in [0.05, 0.1) is 29.3 Å². The van der Waals surface area contributed by atoms with Crippen LogP contribution < -0.4 is 16.7 Å². The summed E-state index contributed by atoms with van der Waals surface area (Å²) >= 11 is 0. The second-order valence-corrected chi connectivity index (χ2v) is 8.34. The molecule has 10 heteroatoms. The van der Waals surface area contributed by atoms with Gasteiger partial charge in [0.25, 0.3) is 0 Å². The SMILES string of the molecule is N#Cc1cc(N(N)/C=N\N)ccc1CC(=O)N1CCN(CCc2ccc3c(c2)COC3=O)CC1. The topological polar surface area (TPSA) is 141 Å². The molecule has 0 unspecified atom stereocenters. The molecule has 0 spiro atoms. The number of fused-ring (bicyclic) bond motifs is 1. The molecule has 1 amide bonds. The van der Waals surface area contributed by atoms with E-state index in [1.807, 2.05) is 23.1 Å². The summed E-state index contributed by atoms with van der Waals surface area (Å²) in [6, 6.07) is 13.1. The largest absolute Gasteiger partial charge is 0.457 e. The summed E-state index contributed by atoms with van der Waals surface area (Å²) < 4.78 is 5.07. The number of amides is 1. The van der Waals surface area contributed by atoms with Crippen LogP contribution >= 0.6 is 0 Å². The molecule has 0 aliphatic carbocycles. The summed E-state index contributed by atoms with van der Waals surface area (Å²) in [7, 11) is 0. The van der Waals surface area contributed by atoms with E-state index in [9.17, 15) is 14.9 Å². The van der Waals surface area contributed by atoms with E-state index < -0.39 is 0 Å². The number of esters is 1. The van der Waals surface area contributed by atoms with Gasteiger partial charge in [-0.3, -0.25) is 14.7 Å². The fourth-order valence-electron chi connectivity index (χ4n) is 4.25. The second kappa shape index (κ2) is 10.3. The maximum absolute atomic E-state index is 12.9. The highest BCUT2D eigenvalue weighted by atomic mass is 16.5. The molecule has 0 radical (unpaired) electrons. The number of nitriles is 1. The standard InChI is InChI=1S/C24H27N7O3/c25-14-19-12-21(31(27)16-28-26)3-2-18(19)13-23(32)30-9-7-29(8-10-30)6-5-17-1-4-22-20(11-17)15-34-24(22)33/h1-4,11-12,16H,5-10,13,15,26-27H2/b28-16-. The minimum Gasteiger partial charge on any atom is -0.457 e. The van der Waals surface area contributed by atoms with Crippen molar-refractivity contribution in [3.63, 3.8) is 0 Å². The van der Waals surface area contributed by atoms with Crippen LogP contribution in [0.5, 0.6) is 0 Å². The van der Waals surface area contributed by atoms with Crippen molar-refractivity contribution in [1.82, 2.24) is 9.80 Å². The molecule has 4 N–H and O–H groups in total. The van der Waals surface area contributed by atoms with Crippen molar-refractivity contribution in [3.05, 3.63) is 64.2 Å². The van der Waals surface area contributed by atoms with Gasteiger partial charge in [0.15, 0.2) is 0 Å². The van der Waals surface area contributed by atoms with Gasteiger partial charge in [0.1, 0.15) is 12.9 Å². The fraction of sp³-hybridized carbons (Fsp3) is 0.333. The van der Waals surface area contributed by atoms with Crippen LogP contribution in [0.1, 0.15) is 32.6 Å². The smallest absolute Gasteiger partial charge is 0.338 e. The number of hydrazine groups is 1. The van der Waals surface area contributed by atoms with Crippen LogP contribution in [-0.4, -0.2) is 60.7 Å². The molecule has 34 heavy (non-hydrogen) atoms. The third-order valence-electron chi connectivity index (χ3n) is 6.23. The van der Waals surface area contributed by atoms with Crippen molar-refractivity contribution in [2.24, 2.45) is 16.8 Å². The van der Waals surface area contributed by atoms with E-state index in [0.29, 0.717) is 42.1 Å². The number of cyclic esters (lactones) is 1. The first-order valence-corrected chi connectivity index (χ1v) is 11.1. The minimum absolute atomic E-state index is 0.000291. The molecule has 0 atom stereocenters. The van der Waals surface area contributed by atoms with Gasteiger partial charge in [0, 0.05) is 38.3 Å². The van der Waals surface area contributed by atoms with Gasteiger partial charge < -0.3 is 15.5 Å². The van der Waals surface area contributed by atoms with Crippen LogP contribution in [0.2, 0.25) is 0 Å². The third-order valence-corrected chi connectivity index (χ3v) is 6.23. The maximum atomic E-state index is 12.9. The molecule has 2 aliphatic rings. The molecule has 176 valence electrons. The molecular formula is C24H27N7O3. The number of carbonyl (C=O) groups is 2. The van der Waals surface area contributed by atoms with Gasteiger partial charge in [0.2, 0.25) is 5.91 Å². The number of benzene rings is 2. The molecule has 2 aliphatic heterocycles. The van der Waals surface area contributed by atoms with Crippen LogP contribution in [0, 0.1) is 11.3 Å². The van der Waals surface area contributed by atoms with Crippen molar-refractivity contribution in [2.75, 3.05) is 37.7 Å². The summed E-state index contributed by atoms with van der Waals surface area (Å²) in [6.07, 6.45) is 2.27. The Hall–Kier alpha value is -3.94. The lowest BCUT2D eigenvalue weighted by Gasteiger charge is -2.35. The summed E-state index contributed by atoms with van der Waals surface area (Å²) in [5, 5.41) is 14.1. The highest BCUT2D eigenvalue weighted by Gasteiger charge is 2.23. The van der Waals surface area contributed by atoms with Gasteiger partial charge in [-0.05, 0) is 35.7 Å². The van der Waals surface area contributed by atoms with Gasteiger partial charge in [-0.1, -0.05) is 18.2 Å². The van der Waals surface area contributed by atoms with E-state index in [-0.39, 0.29) is 18.3 Å². The fourth-order valence-corrected chi connectivity index (χ4v) is 4.25. The average Bonchev–Trinajstić information content (AvgIpc) is 3.23. The highest BCUT2D eigenvalue weighted by Crippen LogP contribution is 2.22. The highest BCUT2D eigenvalue weighted by molar-refractivity contribution is 5.93. The molecule has 1 saturated heterocycles. The number of hydrogen-bond donors (Lipinski definition) is 2. The number of piperazine rings is 1. The summed E-state index contributed by atoms with van der Waals surface area (Å²) in [5.74, 6) is 10.7. The average molecular weight is 462 g/mol. The first-order chi connectivity index (χ1) is 16.5. The van der Waals surface area contributed by atoms with E-state index in [0.717, 1.165) is 31.6 Å². The van der Waals surface area contributed by atoms with Crippen molar-refractivity contribution >= 4 is 23.9 Å². The van der Waals surface area contributed by atoms with Crippen LogP contribution in [-0.2, 0) is 29.0 Å². The lowest BCUT2D eigenvalue weighted by Crippen LogP contribution is -2.49. The Labute approximate surface area is 197 Å². The van der Waals surface area contributed by atoms with Crippen LogP contribution in [0.25, 0.3) is 0 Å². The molecule has 2 heterocycles. The van der Waals surface area contributed by atoms with Crippen LogP contribution in [0.3, 0.4) is 0 Å². The van der Waals surface area contributed by atoms with Gasteiger partial charge in [-0.25, -0.2) is 10.6 Å². The molecule has 0 aromatic heterocycles. The Kier molecular flexibility index (Phi) is 7.06. The van der Waals surface area contributed by atoms with E-state index in [4.69, 9.17) is 16.4 Å². The Morgan fingerprint density at radius 1 is 1.21 bits per heavy atom. The molecule has 2 aromatic carbocycles. The molecule has 10 nitrogen and oxygen atoms in total. The molecule has 2 aromatic rings. The molecule has 4 rings (SSSR count). The number of nitrogens with zero attached hydrogens (tertiary/aromatic N) is 5. The zero-order valence-corrected chi connectivity index (χ0v) is 18.8. The second-order valence-electron chi connectivity index (χ2n) is 8.34. The number of hydrazone groups is 1. The van der Waals surface area contributed by atoms with Gasteiger partial charge in [-0.2, -0.15) is 10.4 Å². The van der Waals surface area contributed by atoms with Crippen molar-refractivity contribution in [3.8, 4) is 6.07 Å². The predicted molar refractivity (Wildman–Crippen MR) is 126 cm³/mol. The van der Waals surface area contributed by atoms with Gasteiger partial charge in [-0.15, -0.1) is 0 Å². The zero-order chi connectivity index (χ0) is 24.1. The number of anilines is 1. The first kappa shape index (κ1) is 23.2. The van der Waals surface area contributed by atoms with E-state index in [2.05, 4.69) is 16.1 Å². The monoisotopic (exact) mass is 461 g/mol. The normalized spacial score (nSPS) is 15.8. The summed E-state index contributed by atoms with van der Waals surface area (Å²) in [6.45, 7) is 4.12. The quantitative estimate of drug-likeness (QED) is 0.202. The molecule has 0 bridgehead atoms. The van der Waals surface area contributed by atoms with Crippen LogP contribution in [0.4, 0.5) is 5.69 Å². The zero-order valence-electron chi connectivity index (χ0n) is 18.8. The van der Waals surface area contributed by atoms with E-state index in [1.54, 1.807) is 18.2 Å². The predicted octanol–water partition coefficient (Wildman–Crippen LogP) is 0.740. The Morgan fingerprint density at radius 3 is 2.74 bits per heavy atom. The maximum Gasteiger partial charge on any atom is 0.338 e. The number of nitrogens with two attached hydrogens (primary N) is 2. The lowest BCUT2D eigenvalue weighted by molar-refractivity contribution is -0.132. The Balaban J connectivity index is 1.28. The van der Waals surface area contributed by atoms with Crippen molar-refractivity contribution in [1.29, 1.82) is 5.26 Å². The number of carbonyl (C=O) groups excluding carboxylic acids is 2. The molecular weight excluding hydrogens is 434 g/mol. The minimum atomic E-state index is -0.248. The Bertz CT molecular complexity index is 1150. The molecule has 0 saturated carbocycles. The molecule has 1 fully saturated rings. The first-order valence-electron chi connectivity index (χ1n) is 11.1. The van der Waals surface area contributed by atoms with Crippen LogP contribution in [0.15, 0.2) is 41.5 Å². The van der Waals surface area contributed by atoms with Gasteiger partial charge >= 0.3 is 5.97 Å². The number of hydrogen-bond acceptors (Lipinski definition) is 8. The lowest BCUT2D eigenvalue weighted by atomic mass is 10.0. The number of rotatable bonds is 7. The Morgan fingerprint density at radius 2 is 2.00 bits per heavy atom. The third kappa shape index (κ3) is 5.17. The summed E-state index contributed by atoms with van der Waals surface area (Å²) in [5.41, 5.74) is 4.40. The van der Waals surface area contributed by atoms with E-state index >= 15 is 0 Å². The van der Waals surface area contributed by atoms with E-state index in [1.165, 1.54) is 16.9 Å².